The Morgan fingerprint density at radius 3 is 2.41 bits per heavy atom. The van der Waals surface area contributed by atoms with Crippen LogP contribution >= 0.6 is 0 Å². The van der Waals surface area contributed by atoms with E-state index in [-0.39, 0.29) is 30.6 Å². The van der Waals surface area contributed by atoms with Crippen molar-refractivity contribution in [1.82, 2.24) is 9.80 Å². The van der Waals surface area contributed by atoms with Crippen LogP contribution in [0.5, 0.6) is 0 Å². The number of aliphatic hydroxyl groups is 1. The van der Waals surface area contributed by atoms with Crippen molar-refractivity contribution < 1.29 is 18.3 Å². The number of carbonyl (C=O) groups is 1. The molecule has 6 nitrogen and oxygen atoms in total. The summed E-state index contributed by atoms with van der Waals surface area (Å²) in [6, 6.07) is 0. The van der Waals surface area contributed by atoms with E-state index in [0.717, 1.165) is 32.3 Å². The number of piperidine rings is 1. The van der Waals surface area contributed by atoms with E-state index in [2.05, 4.69) is 4.90 Å². The van der Waals surface area contributed by atoms with Crippen molar-refractivity contribution in [3.8, 4) is 0 Å². The molecule has 22 heavy (non-hydrogen) atoms. The van der Waals surface area contributed by atoms with E-state index in [4.69, 9.17) is 0 Å². The number of likely N-dealkylation sites (tertiary alicyclic amines) is 2. The van der Waals surface area contributed by atoms with Crippen LogP contribution in [0.4, 0.5) is 0 Å². The van der Waals surface area contributed by atoms with Crippen molar-refractivity contribution >= 4 is 15.7 Å². The third kappa shape index (κ3) is 5.52. The molecule has 0 aromatic carbocycles. The summed E-state index contributed by atoms with van der Waals surface area (Å²) in [7, 11) is -3.11. The predicted octanol–water partition coefficient (Wildman–Crippen LogP) is -0.0261. The van der Waals surface area contributed by atoms with E-state index in [1.54, 1.807) is 4.90 Å². The molecule has 0 aromatic rings. The number of aliphatic hydroxyl groups excluding tert-OH is 1. The zero-order valence-corrected chi connectivity index (χ0v) is 14.2. The molecule has 2 saturated heterocycles. The minimum Gasteiger partial charge on any atom is -0.396 e. The lowest BCUT2D eigenvalue weighted by Gasteiger charge is -2.38. The third-order valence-corrected chi connectivity index (χ3v) is 5.58. The van der Waals surface area contributed by atoms with Gasteiger partial charge in [0.05, 0.1) is 5.75 Å². The lowest BCUT2D eigenvalue weighted by atomic mass is 9.89. The molecule has 0 bridgehead atoms. The number of hydrogen-bond donors (Lipinski definition) is 1. The van der Waals surface area contributed by atoms with Crippen LogP contribution in [0.15, 0.2) is 0 Å². The number of carbonyl (C=O) groups excluding carboxylic acids is 1. The van der Waals surface area contributed by atoms with Gasteiger partial charge < -0.3 is 14.9 Å². The molecule has 0 aliphatic carbocycles. The molecule has 0 unspecified atom stereocenters. The normalized spacial score (nSPS) is 27.3. The van der Waals surface area contributed by atoms with Crippen LogP contribution in [-0.2, 0) is 14.6 Å². The average Bonchev–Trinajstić information content (AvgIpc) is 2.96. The Bertz CT molecular complexity index is 474. The van der Waals surface area contributed by atoms with Gasteiger partial charge in [0.1, 0.15) is 9.84 Å². The largest absolute Gasteiger partial charge is 0.396 e. The molecule has 128 valence electrons. The first kappa shape index (κ1) is 17.7. The Hall–Kier alpha value is -0.660. The Morgan fingerprint density at radius 1 is 1.18 bits per heavy atom. The summed E-state index contributed by atoms with van der Waals surface area (Å²) in [5, 5.41) is 9.48. The number of nitrogens with zero attached hydrogens (tertiary/aromatic N) is 2. The highest BCUT2D eigenvalue weighted by Crippen LogP contribution is 2.24. The van der Waals surface area contributed by atoms with Gasteiger partial charge in [-0.05, 0) is 44.2 Å². The van der Waals surface area contributed by atoms with Gasteiger partial charge in [-0.15, -0.1) is 0 Å². The third-order valence-electron chi connectivity index (χ3n) is 4.64. The highest BCUT2D eigenvalue weighted by Gasteiger charge is 2.31. The van der Waals surface area contributed by atoms with Gasteiger partial charge in [0, 0.05) is 38.9 Å². The Kier molecular flexibility index (Phi) is 6.23. The van der Waals surface area contributed by atoms with Crippen LogP contribution in [-0.4, -0.2) is 80.6 Å². The van der Waals surface area contributed by atoms with Crippen LogP contribution in [0.2, 0.25) is 0 Å². The zero-order valence-electron chi connectivity index (χ0n) is 13.4. The van der Waals surface area contributed by atoms with E-state index in [1.807, 2.05) is 0 Å². The van der Waals surface area contributed by atoms with Crippen molar-refractivity contribution in [2.24, 2.45) is 11.8 Å². The maximum Gasteiger partial charge on any atom is 0.223 e. The van der Waals surface area contributed by atoms with Gasteiger partial charge in [0.15, 0.2) is 0 Å². The number of sulfone groups is 1. The molecule has 0 spiro atoms. The van der Waals surface area contributed by atoms with Crippen molar-refractivity contribution in [2.75, 3.05) is 51.3 Å². The molecule has 0 radical (unpaired) electrons. The lowest BCUT2D eigenvalue weighted by molar-refractivity contribution is -0.134. The summed E-state index contributed by atoms with van der Waals surface area (Å²) < 4.78 is 22.4. The molecule has 2 heterocycles. The molecule has 1 N–H and O–H groups in total. The van der Waals surface area contributed by atoms with Crippen LogP contribution < -0.4 is 0 Å². The quantitative estimate of drug-likeness (QED) is 0.739. The van der Waals surface area contributed by atoms with Gasteiger partial charge in [0.2, 0.25) is 5.91 Å². The molecule has 2 aliphatic heterocycles. The number of hydrogen-bond acceptors (Lipinski definition) is 5. The number of amides is 1. The minimum atomic E-state index is -3.11. The fourth-order valence-electron chi connectivity index (χ4n) is 3.55. The number of rotatable bonds is 6. The van der Waals surface area contributed by atoms with Crippen LogP contribution in [0.25, 0.3) is 0 Å². The molecule has 2 atom stereocenters. The predicted molar refractivity (Wildman–Crippen MR) is 85.3 cm³/mol. The van der Waals surface area contributed by atoms with Crippen molar-refractivity contribution in [3.05, 3.63) is 0 Å². The maximum absolute atomic E-state index is 12.3. The molecule has 1 amide bonds. The second-order valence-corrected chi connectivity index (χ2v) is 9.10. The SMILES string of the molecule is CS(=O)(=O)CCC(=O)N1C[C@H](CO)C[C@H](CN2CCCC2)C1. The highest BCUT2D eigenvalue weighted by atomic mass is 32.2. The Balaban J connectivity index is 1.90. The van der Waals surface area contributed by atoms with Crippen molar-refractivity contribution in [3.63, 3.8) is 0 Å². The monoisotopic (exact) mass is 332 g/mol. The van der Waals surface area contributed by atoms with E-state index in [0.29, 0.717) is 19.0 Å². The van der Waals surface area contributed by atoms with Gasteiger partial charge in [-0.25, -0.2) is 8.42 Å². The van der Waals surface area contributed by atoms with Crippen molar-refractivity contribution in [2.45, 2.75) is 25.7 Å². The van der Waals surface area contributed by atoms with E-state index >= 15 is 0 Å². The maximum atomic E-state index is 12.3. The second kappa shape index (κ2) is 7.75. The Labute approximate surface area is 133 Å². The van der Waals surface area contributed by atoms with Gasteiger partial charge in [0.25, 0.3) is 0 Å². The van der Waals surface area contributed by atoms with Gasteiger partial charge >= 0.3 is 0 Å². The molecule has 0 saturated carbocycles. The zero-order chi connectivity index (χ0) is 16.2. The minimum absolute atomic E-state index is 0.0490. The summed E-state index contributed by atoms with van der Waals surface area (Å²) in [5.41, 5.74) is 0. The standard InChI is InChI=1S/C15H28N2O4S/c1-22(20,21)7-4-15(19)17-10-13(8-14(11-17)12-18)9-16-5-2-3-6-16/h13-14,18H,2-12H2,1H3/t13-,14-/m1/s1. The van der Waals surface area contributed by atoms with E-state index in [9.17, 15) is 18.3 Å². The van der Waals surface area contributed by atoms with Crippen LogP contribution in [0.3, 0.4) is 0 Å². The average molecular weight is 332 g/mol. The van der Waals surface area contributed by atoms with Gasteiger partial charge in [-0.1, -0.05) is 0 Å². The molecule has 2 rings (SSSR count). The summed E-state index contributed by atoms with van der Waals surface area (Å²) in [4.78, 5) is 16.4. The fourth-order valence-corrected chi connectivity index (χ4v) is 4.09. The topological polar surface area (TPSA) is 77.9 Å². The molecule has 7 heteroatoms. The first-order chi connectivity index (χ1) is 10.4. The second-order valence-electron chi connectivity index (χ2n) is 6.84. The highest BCUT2D eigenvalue weighted by molar-refractivity contribution is 7.90. The van der Waals surface area contributed by atoms with Crippen molar-refractivity contribution in [1.29, 1.82) is 0 Å². The summed E-state index contributed by atoms with van der Waals surface area (Å²) >= 11 is 0. The molecule has 0 aromatic heterocycles. The summed E-state index contributed by atoms with van der Waals surface area (Å²) in [6.45, 7) is 4.56. The van der Waals surface area contributed by atoms with E-state index < -0.39 is 9.84 Å². The molecular weight excluding hydrogens is 304 g/mol. The van der Waals surface area contributed by atoms with Crippen LogP contribution in [0.1, 0.15) is 25.7 Å². The Morgan fingerprint density at radius 2 is 1.82 bits per heavy atom. The first-order valence-corrected chi connectivity index (χ1v) is 10.2. The summed E-state index contributed by atoms with van der Waals surface area (Å²) in [5.74, 6) is 0.299. The molecule has 2 fully saturated rings. The lowest BCUT2D eigenvalue weighted by Crippen LogP contribution is -2.48. The summed E-state index contributed by atoms with van der Waals surface area (Å²) in [6.07, 6.45) is 4.64. The first-order valence-electron chi connectivity index (χ1n) is 8.16. The fraction of sp³-hybridized carbons (Fsp3) is 0.933. The van der Waals surface area contributed by atoms with Gasteiger partial charge in [-0.2, -0.15) is 0 Å². The van der Waals surface area contributed by atoms with Crippen LogP contribution in [0, 0.1) is 11.8 Å². The van der Waals surface area contributed by atoms with Gasteiger partial charge in [-0.3, -0.25) is 4.79 Å². The smallest absolute Gasteiger partial charge is 0.223 e. The van der Waals surface area contributed by atoms with E-state index in [1.165, 1.54) is 12.8 Å². The molecular formula is C15H28N2O4S. The molecule has 2 aliphatic rings.